The lowest BCUT2D eigenvalue weighted by Crippen LogP contribution is -2.45. The molecule has 0 aromatic heterocycles. The molecule has 1 aliphatic rings. The van der Waals surface area contributed by atoms with Crippen LogP contribution in [0.3, 0.4) is 0 Å². The van der Waals surface area contributed by atoms with Crippen LogP contribution in [0, 0.1) is 5.92 Å². The number of hydrogen-bond acceptors (Lipinski definition) is 3. The van der Waals surface area contributed by atoms with Crippen LogP contribution in [0.25, 0.3) is 0 Å². The highest BCUT2D eigenvalue weighted by molar-refractivity contribution is 5.80. The van der Waals surface area contributed by atoms with E-state index in [0.717, 1.165) is 24.8 Å². The van der Waals surface area contributed by atoms with Crippen LogP contribution in [-0.2, 0) is 22.6 Å². The molecule has 0 aliphatic carbocycles. The van der Waals surface area contributed by atoms with Crippen LogP contribution in [0.5, 0.6) is 0 Å². The van der Waals surface area contributed by atoms with E-state index in [1.807, 2.05) is 48.5 Å². The van der Waals surface area contributed by atoms with Crippen molar-refractivity contribution in [2.45, 2.75) is 25.9 Å². The van der Waals surface area contributed by atoms with Gasteiger partial charge in [0.05, 0.1) is 5.92 Å². The molecule has 5 nitrogen and oxygen atoms in total. The molecule has 1 fully saturated rings. The number of likely N-dealkylation sites (tertiary alicyclic amines) is 1. The van der Waals surface area contributed by atoms with Gasteiger partial charge in [-0.15, -0.1) is 0 Å². The standard InChI is InChI=1S/C22H26N2O3/c25-21(23-14-13-18-8-3-1-4-9-18)20-12-7-15-24(16-20)22(26)27-17-19-10-5-2-6-11-19/h1-6,8-11,20H,7,12-17H2,(H,23,25). The van der Waals surface area contributed by atoms with E-state index in [4.69, 9.17) is 4.74 Å². The average molecular weight is 366 g/mol. The number of nitrogens with one attached hydrogen (secondary N) is 1. The first-order chi connectivity index (χ1) is 13.2. The molecule has 142 valence electrons. The van der Waals surface area contributed by atoms with Gasteiger partial charge in [0.25, 0.3) is 0 Å². The Morgan fingerprint density at radius 1 is 1.00 bits per heavy atom. The normalized spacial score (nSPS) is 16.6. The Bertz CT molecular complexity index is 734. The van der Waals surface area contributed by atoms with Crippen LogP contribution in [-0.4, -0.2) is 36.5 Å². The zero-order chi connectivity index (χ0) is 18.9. The topological polar surface area (TPSA) is 58.6 Å². The number of carbonyl (C=O) groups excluding carboxylic acids is 2. The molecule has 1 aliphatic heterocycles. The zero-order valence-corrected chi connectivity index (χ0v) is 15.5. The molecule has 1 atom stereocenters. The summed E-state index contributed by atoms with van der Waals surface area (Å²) >= 11 is 0. The summed E-state index contributed by atoms with van der Waals surface area (Å²) in [4.78, 5) is 26.4. The van der Waals surface area contributed by atoms with Crippen LogP contribution in [0.2, 0.25) is 0 Å². The molecule has 0 saturated carbocycles. The molecule has 0 spiro atoms. The molecule has 1 N–H and O–H groups in total. The van der Waals surface area contributed by atoms with Gasteiger partial charge in [-0.05, 0) is 30.4 Å². The molecule has 1 heterocycles. The Labute approximate surface area is 160 Å². The molecule has 2 aromatic rings. The Morgan fingerprint density at radius 3 is 2.37 bits per heavy atom. The van der Waals surface area contributed by atoms with E-state index in [1.54, 1.807) is 4.90 Å². The summed E-state index contributed by atoms with van der Waals surface area (Å²) in [5.74, 6) is -0.148. The fraction of sp³-hybridized carbons (Fsp3) is 0.364. The number of hydrogen-bond donors (Lipinski definition) is 1. The van der Waals surface area contributed by atoms with Crippen molar-refractivity contribution >= 4 is 12.0 Å². The molecule has 1 unspecified atom stereocenters. The monoisotopic (exact) mass is 366 g/mol. The summed E-state index contributed by atoms with van der Waals surface area (Å²) in [5, 5.41) is 3.00. The Kier molecular flexibility index (Phi) is 6.85. The molecule has 1 saturated heterocycles. The van der Waals surface area contributed by atoms with E-state index in [2.05, 4.69) is 17.4 Å². The second-order valence-electron chi connectivity index (χ2n) is 6.85. The van der Waals surface area contributed by atoms with Gasteiger partial charge in [0, 0.05) is 19.6 Å². The van der Waals surface area contributed by atoms with Gasteiger partial charge in [0.1, 0.15) is 6.61 Å². The van der Waals surface area contributed by atoms with E-state index in [-0.39, 0.29) is 24.5 Å². The molecule has 2 aromatic carbocycles. The van der Waals surface area contributed by atoms with Crippen LogP contribution in [0.15, 0.2) is 60.7 Å². The third kappa shape index (κ3) is 5.84. The van der Waals surface area contributed by atoms with Gasteiger partial charge in [-0.1, -0.05) is 60.7 Å². The van der Waals surface area contributed by atoms with E-state index < -0.39 is 0 Å². The van der Waals surface area contributed by atoms with E-state index in [1.165, 1.54) is 5.56 Å². The minimum atomic E-state index is -0.347. The van der Waals surface area contributed by atoms with Gasteiger partial charge in [0.15, 0.2) is 0 Å². The highest BCUT2D eigenvalue weighted by Crippen LogP contribution is 2.18. The molecule has 2 amide bonds. The fourth-order valence-electron chi connectivity index (χ4n) is 3.29. The SMILES string of the molecule is O=C(NCCc1ccccc1)C1CCCN(C(=O)OCc2ccccc2)C1. The Hall–Kier alpha value is -2.82. The van der Waals surface area contributed by atoms with Gasteiger partial charge in [-0.2, -0.15) is 0 Å². The molecule has 27 heavy (non-hydrogen) atoms. The predicted molar refractivity (Wildman–Crippen MR) is 104 cm³/mol. The first kappa shape index (κ1) is 19.0. The highest BCUT2D eigenvalue weighted by Gasteiger charge is 2.29. The van der Waals surface area contributed by atoms with Crippen LogP contribution in [0.4, 0.5) is 4.79 Å². The lowest BCUT2D eigenvalue weighted by Gasteiger charge is -2.31. The molecule has 0 bridgehead atoms. The van der Waals surface area contributed by atoms with E-state index in [9.17, 15) is 9.59 Å². The highest BCUT2D eigenvalue weighted by atomic mass is 16.6. The molecule has 0 radical (unpaired) electrons. The maximum absolute atomic E-state index is 12.4. The molecular formula is C22H26N2O3. The van der Waals surface area contributed by atoms with Gasteiger partial charge >= 0.3 is 6.09 Å². The average Bonchev–Trinajstić information content (AvgIpc) is 2.73. The first-order valence-corrected chi connectivity index (χ1v) is 9.49. The van der Waals surface area contributed by atoms with Gasteiger partial charge < -0.3 is 15.0 Å². The summed E-state index contributed by atoms with van der Waals surface area (Å²) in [5.41, 5.74) is 2.16. The number of rotatable bonds is 6. The van der Waals surface area contributed by atoms with E-state index in [0.29, 0.717) is 19.6 Å². The number of amides is 2. The first-order valence-electron chi connectivity index (χ1n) is 9.49. The van der Waals surface area contributed by atoms with Crippen LogP contribution >= 0.6 is 0 Å². The van der Waals surface area contributed by atoms with Crippen molar-refractivity contribution in [3.63, 3.8) is 0 Å². The summed E-state index contributed by atoms with van der Waals surface area (Å²) in [6, 6.07) is 19.7. The maximum atomic E-state index is 12.4. The Balaban J connectivity index is 1.42. The lowest BCUT2D eigenvalue weighted by molar-refractivity contribution is -0.126. The molecule has 5 heteroatoms. The van der Waals surface area contributed by atoms with Crippen molar-refractivity contribution in [2.24, 2.45) is 5.92 Å². The van der Waals surface area contributed by atoms with Crippen LogP contribution in [0.1, 0.15) is 24.0 Å². The minimum absolute atomic E-state index is 0.0199. The number of carbonyl (C=O) groups is 2. The van der Waals surface area contributed by atoms with Crippen molar-refractivity contribution in [2.75, 3.05) is 19.6 Å². The van der Waals surface area contributed by atoms with Gasteiger partial charge in [0.2, 0.25) is 5.91 Å². The lowest BCUT2D eigenvalue weighted by atomic mass is 9.97. The van der Waals surface area contributed by atoms with Gasteiger partial charge in [-0.25, -0.2) is 4.79 Å². The minimum Gasteiger partial charge on any atom is -0.445 e. The molecular weight excluding hydrogens is 340 g/mol. The van der Waals surface area contributed by atoms with Crippen molar-refractivity contribution in [3.8, 4) is 0 Å². The second kappa shape index (κ2) is 9.76. The Morgan fingerprint density at radius 2 is 1.67 bits per heavy atom. The summed E-state index contributed by atoms with van der Waals surface area (Å²) in [6.07, 6.45) is 2.08. The fourth-order valence-corrected chi connectivity index (χ4v) is 3.29. The molecule has 3 rings (SSSR count). The summed E-state index contributed by atoms with van der Waals surface area (Å²) in [7, 11) is 0. The van der Waals surface area contributed by atoms with Gasteiger partial charge in [-0.3, -0.25) is 4.79 Å². The van der Waals surface area contributed by atoms with E-state index >= 15 is 0 Å². The summed E-state index contributed by atoms with van der Waals surface area (Å²) in [6.45, 7) is 1.92. The second-order valence-corrected chi connectivity index (χ2v) is 6.85. The third-order valence-corrected chi connectivity index (χ3v) is 4.81. The van der Waals surface area contributed by atoms with Crippen molar-refractivity contribution in [1.29, 1.82) is 0 Å². The predicted octanol–water partition coefficient (Wildman–Crippen LogP) is 3.39. The third-order valence-electron chi connectivity index (χ3n) is 4.81. The number of ether oxygens (including phenoxy) is 1. The van der Waals surface area contributed by atoms with Crippen molar-refractivity contribution < 1.29 is 14.3 Å². The number of piperidine rings is 1. The van der Waals surface area contributed by atoms with Crippen LogP contribution < -0.4 is 5.32 Å². The van der Waals surface area contributed by atoms with Crippen molar-refractivity contribution in [3.05, 3.63) is 71.8 Å². The zero-order valence-electron chi connectivity index (χ0n) is 15.5. The van der Waals surface area contributed by atoms with Crippen molar-refractivity contribution in [1.82, 2.24) is 10.2 Å². The smallest absolute Gasteiger partial charge is 0.410 e. The largest absolute Gasteiger partial charge is 0.445 e. The number of benzene rings is 2. The maximum Gasteiger partial charge on any atom is 0.410 e. The quantitative estimate of drug-likeness (QED) is 0.852. The number of nitrogens with zero attached hydrogens (tertiary/aromatic N) is 1. The summed E-state index contributed by atoms with van der Waals surface area (Å²) < 4.78 is 5.39.